The minimum atomic E-state index is -0.510. The van der Waals surface area contributed by atoms with Crippen LogP contribution in [0.25, 0.3) is 0 Å². The van der Waals surface area contributed by atoms with Crippen molar-refractivity contribution in [1.29, 1.82) is 0 Å². The summed E-state index contributed by atoms with van der Waals surface area (Å²) in [5, 5.41) is 2.70. The second-order valence-electron chi connectivity index (χ2n) is 7.57. The number of hydrogen-bond donors (Lipinski definition) is 1. The van der Waals surface area contributed by atoms with Gasteiger partial charge in [0.2, 0.25) is 17.7 Å². The predicted molar refractivity (Wildman–Crippen MR) is 102 cm³/mol. The molecule has 1 spiro atoms. The van der Waals surface area contributed by atoms with Crippen LogP contribution < -0.4 is 10.2 Å². The monoisotopic (exact) mass is 387 g/mol. The SMILES string of the molecule is CC(=O)Nc1ccc(N2CC(C(=O)N3CCC4(CC3)OCCO4)CC2=O)cc1. The summed E-state index contributed by atoms with van der Waals surface area (Å²) in [7, 11) is 0. The fraction of sp³-hybridized carbons (Fsp3) is 0.550. The number of rotatable bonds is 3. The second kappa shape index (κ2) is 7.52. The normalized spacial score (nSPS) is 24.0. The molecule has 1 unspecified atom stereocenters. The van der Waals surface area contributed by atoms with Crippen molar-refractivity contribution in [3.05, 3.63) is 24.3 Å². The molecule has 3 fully saturated rings. The number of carbonyl (C=O) groups is 3. The van der Waals surface area contributed by atoms with E-state index in [1.54, 1.807) is 29.2 Å². The molecule has 1 aromatic carbocycles. The van der Waals surface area contributed by atoms with Gasteiger partial charge in [0, 0.05) is 57.2 Å². The van der Waals surface area contributed by atoms with Crippen molar-refractivity contribution in [3.8, 4) is 0 Å². The Hall–Kier alpha value is -2.45. The number of carbonyl (C=O) groups excluding carboxylic acids is 3. The first-order valence-electron chi connectivity index (χ1n) is 9.70. The third-order valence-corrected chi connectivity index (χ3v) is 5.62. The summed E-state index contributed by atoms with van der Waals surface area (Å²) in [6, 6.07) is 7.08. The van der Waals surface area contributed by atoms with Gasteiger partial charge in [0.1, 0.15) is 0 Å². The van der Waals surface area contributed by atoms with Crippen molar-refractivity contribution in [2.75, 3.05) is 43.1 Å². The van der Waals surface area contributed by atoms with Crippen LogP contribution in [0.3, 0.4) is 0 Å². The largest absolute Gasteiger partial charge is 0.347 e. The summed E-state index contributed by atoms with van der Waals surface area (Å²) in [4.78, 5) is 40.0. The molecule has 1 aromatic rings. The molecule has 0 bridgehead atoms. The lowest BCUT2D eigenvalue weighted by atomic mass is 10.0. The van der Waals surface area contributed by atoms with E-state index in [1.165, 1.54) is 6.92 Å². The highest BCUT2D eigenvalue weighted by molar-refractivity contribution is 6.00. The first kappa shape index (κ1) is 18.9. The molecule has 0 radical (unpaired) electrons. The fourth-order valence-electron chi connectivity index (χ4n) is 4.16. The van der Waals surface area contributed by atoms with E-state index in [2.05, 4.69) is 5.32 Å². The lowest BCUT2D eigenvalue weighted by molar-refractivity contribution is -0.188. The van der Waals surface area contributed by atoms with Gasteiger partial charge < -0.3 is 24.6 Å². The number of hydrogen-bond acceptors (Lipinski definition) is 5. The minimum absolute atomic E-state index is 0.0264. The highest BCUT2D eigenvalue weighted by atomic mass is 16.7. The zero-order valence-electron chi connectivity index (χ0n) is 16.0. The van der Waals surface area contributed by atoms with Crippen LogP contribution in [0.15, 0.2) is 24.3 Å². The van der Waals surface area contributed by atoms with Gasteiger partial charge in [0.25, 0.3) is 0 Å². The summed E-state index contributed by atoms with van der Waals surface area (Å²) >= 11 is 0. The maximum atomic E-state index is 12.9. The van der Waals surface area contributed by atoms with Gasteiger partial charge >= 0.3 is 0 Å². The maximum Gasteiger partial charge on any atom is 0.228 e. The molecule has 3 heterocycles. The molecular weight excluding hydrogens is 362 g/mol. The number of benzene rings is 1. The van der Waals surface area contributed by atoms with Gasteiger partial charge in [-0.05, 0) is 24.3 Å². The van der Waals surface area contributed by atoms with E-state index in [1.807, 2.05) is 4.90 Å². The molecule has 3 aliphatic rings. The number of nitrogens with zero attached hydrogens (tertiary/aromatic N) is 2. The van der Waals surface area contributed by atoms with Crippen LogP contribution in [0.1, 0.15) is 26.2 Å². The average Bonchev–Trinajstić information content (AvgIpc) is 3.29. The van der Waals surface area contributed by atoms with E-state index in [0.717, 1.165) is 5.69 Å². The smallest absolute Gasteiger partial charge is 0.228 e. The Kier molecular flexibility index (Phi) is 5.07. The highest BCUT2D eigenvalue weighted by Gasteiger charge is 2.43. The van der Waals surface area contributed by atoms with Gasteiger partial charge in [-0.2, -0.15) is 0 Å². The van der Waals surface area contributed by atoms with Crippen molar-refractivity contribution >= 4 is 29.1 Å². The summed E-state index contributed by atoms with van der Waals surface area (Å²) in [6.07, 6.45) is 1.57. The first-order valence-corrected chi connectivity index (χ1v) is 9.70. The minimum Gasteiger partial charge on any atom is -0.347 e. The maximum absolute atomic E-state index is 12.9. The number of likely N-dealkylation sites (tertiary alicyclic amines) is 1. The van der Waals surface area contributed by atoms with Crippen molar-refractivity contribution in [3.63, 3.8) is 0 Å². The van der Waals surface area contributed by atoms with Crippen molar-refractivity contribution in [2.45, 2.75) is 32.0 Å². The Morgan fingerprint density at radius 1 is 1.11 bits per heavy atom. The molecule has 0 aromatic heterocycles. The third-order valence-electron chi connectivity index (χ3n) is 5.62. The van der Waals surface area contributed by atoms with Crippen molar-refractivity contribution in [2.24, 2.45) is 5.92 Å². The number of ether oxygens (including phenoxy) is 2. The van der Waals surface area contributed by atoms with Crippen LogP contribution in [0.4, 0.5) is 11.4 Å². The Bertz CT molecular complexity index is 763. The first-order chi connectivity index (χ1) is 13.5. The zero-order valence-corrected chi connectivity index (χ0v) is 16.0. The van der Waals surface area contributed by atoms with Gasteiger partial charge in [-0.15, -0.1) is 0 Å². The van der Waals surface area contributed by atoms with Crippen molar-refractivity contribution < 1.29 is 23.9 Å². The summed E-state index contributed by atoms with van der Waals surface area (Å²) in [6.45, 7) is 4.23. The fourth-order valence-corrected chi connectivity index (χ4v) is 4.16. The molecule has 1 N–H and O–H groups in total. The van der Waals surface area contributed by atoms with Crippen LogP contribution in [0.2, 0.25) is 0 Å². The molecule has 8 nitrogen and oxygen atoms in total. The second-order valence-corrected chi connectivity index (χ2v) is 7.57. The van der Waals surface area contributed by atoms with E-state index in [-0.39, 0.29) is 30.1 Å². The molecule has 4 rings (SSSR count). The molecule has 8 heteroatoms. The van der Waals surface area contributed by atoms with E-state index in [0.29, 0.717) is 51.4 Å². The van der Waals surface area contributed by atoms with E-state index >= 15 is 0 Å². The van der Waals surface area contributed by atoms with Gasteiger partial charge in [0.15, 0.2) is 5.79 Å². The van der Waals surface area contributed by atoms with Crippen LogP contribution in [0, 0.1) is 5.92 Å². The molecule has 0 aliphatic carbocycles. The predicted octanol–water partition coefficient (Wildman–Crippen LogP) is 1.36. The molecule has 3 aliphatic heterocycles. The van der Waals surface area contributed by atoms with E-state index < -0.39 is 5.79 Å². The van der Waals surface area contributed by atoms with Crippen molar-refractivity contribution in [1.82, 2.24) is 4.90 Å². The molecule has 28 heavy (non-hydrogen) atoms. The molecule has 3 saturated heterocycles. The quantitative estimate of drug-likeness (QED) is 0.846. The summed E-state index contributed by atoms with van der Waals surface area (Å²) < 4.78 is 11.4. The van der Waals surface area contributed by atoms with Crippen LogP contribution >= 0.6 is 0 Å². The van der Waals surface area contributed by atoms with E-state index in [9.17, 15) is 14.4 Å². The number of piperidine rings is 1. The Morgan fingerprint density at radius 2 is 1.75 bits per heavy atom. The lowest BCUT2D eigenvalue weighted by Crippen LogP contribution is -2.49. The topological polar surface area (TPSA) is 88.2 Å². The molecule has 150 valence electrons. The van der Waals surface area contributed by atoms with Gasteiger partial charge in [0.05, 0.1) is 19.1 Å². The number of anilines is 2. The number of nitrogens with one attached hydrogen (secondary N) is 1. The molecule has 0 saturated carbocycles. The highest BCUT2D eigenvalue weighted by Crippen LogP contribution is 2.33. The lowest BCUT2D eigenvalue weighted by Gasteiger charge is -2.38. The van der Waals surface area contributed by atoms with Crippen LogP contribution in [0.5, 0.6) is 0 Å². The van der Waals surface area contributed by atoms with Gasteiger partial charge in [-0.3, -0.25) is 14.4 Å². The third kappa shape index (κ3) is 3.74. The molecular formula is C20H25N3O5. The standard InChI is InChI=1S/C20H25N3O5/c1-14(24)21-16-2-4-17(5-3-16)23-13-15(12-18(23)25)19(26)22-8-6-20(7-9-22)27-10-11-28-20/h2-5,15H,6-13H2,1H3,(H,21,24). The van der Waals surface area contributed by atoms with Crippen LogP contribution in [-0.4, -0.2) is 61.3 Å². The molecule has 3 amide bonds. The Balaban J connectivity index is 1.36. The van der Waals surface area contributed by atoms with Gasteiger partial charge in [-0.1, -0.05) is 0 Å². The Morgan fingerprint density at radius 3 is 2.36 bits per heavy atom. The Labute approximate surface area is 163 Å². The van der Waals surface area contributed by atoms with E-state index in [4.69, 9.17) is 9.47 Å². The summed E-state index contributed by atoms with van der Waals surface area (Å²) in [5.74, 6) is -1.02. The zero-order chi connectivity index (χ0) is 19.7. The van der Waals surface area contributed by atoms with Crippen LogP contribution in [-0.2, 0) is 23.9 Å². The molecule has 1 atom stereocenters. The average molecular weight is 387 g/mol. The number of amides is 3. The van der Waals surface area contributed by atoms with Gasteiger partial charge in [-0.25, -0.2) is 0 Å². The summed E-state index contributed by atoms with van der Waals surface area (Å²) in [5.41, 5.74) is 1.41.